The Morgan fingerprint density at radius 1 is 1.37 bits per heavy atom. The quantitative estimate of drug-likeness (QED) is 0.636. The van der Waals surface area contributed by atoms with Crippen LogP contribution in [0.3, 0.4) is 0 Å². The molecule has 0 fully saturated rings. The Hall–Kier alpha value is -2.09. The molecule has 8 heteroatoms. The number of nitrogens with two attached hydrogens (primary N) is 2. The summed E-state index contributed by atoms with van der Waals surface area (Å²) in [6.07, 6.45) is 0. The van der Waals surface area contributed by atoms with Gasteiger partial charge < -0.3 is 11.6 Å². The number of nitrogen functional groups attached to an aromatic ring is 1. The number of thioether (sulfide) groups is 1. The third-order valence-corrected chi connectivity index (χ3v) is 3.52. The van der Waals surface area contributed by atoms with E-state index in [1.165, 1.54) is 16.8 Å². The molecule has 0 saturated heterocycles. The van der Waals surface area contributed by atoms with Gasteiger partial charge >= 0.3 is 0 Å². The first-order valence-electron chi connectivity index (χ1n) is 5.41. The van der Waals surface area contributed by atoms with Gasteiger partial charge in [-0.25, -0.2) is 9.07 Å². The maximum Gasteiger partial charge on any atom is 0.230 e. The third kappa shape index (κ3) is 2.84. The van der Waals surface area contributed by atoms with Crippen LogP contribution in [0.25, 0.3) is 11.4 Å². The van der Waals surface area contributed by atoms with Gasteiger partial charge in [-0.2, -0.15) is 0 Å². The molecule has 0 radical (unpaired) electrons. The van der Waals surface area contributed by atoms with Gasteiger partial charge in [0.1, 0.15) is 5.82 Å². The van der Waals surface area contributed by atoms with Crippen molar-refractivity contribution in [3.63, 3.8) is 0 Å². The zero-order valence-electron chi connectivity index (χ0n) is 10.1. The Morgan fingerprint density at radius 3 is 2.58 bits per heavy atom. The number of benzene rings is 1. The number of amides is 1. The number of hydrogen-bond acceptors (Lipinski definition) is 5. The fourth-order valence-corrected chi connectivity index (χ4v) is 2.09. The van der Waals surface area contributed by atoms with Gasteiger partial charge in [0.2, 0.25) is 11.1 Å². The zero-order valence-corrected chi connectivity index (χ0v) is 10.9. The molecule has 0 saturated carbocycles. The second kappa shape index (κ2) is 5.27. The van der Waals surface area contributed by atoms with Crippen molar-refractivity contribution >= 4 is 17.7 Å². The topological polar surface area (TPSA) is 99.8 Å². The minimum absolute atomic E-state index is 0.344. The average molecular weight is 281 g/mol. The van der Waals surface area contributed by atoms with Gasteiger partial charge in [0, 0.05) is 5.56 Å². The van der Waals surface area contributed by atoms with Crippen molar-refractivity contribution in [1.29, 1.82) is 0 Å². The van der Waals surface area contributed by atoms with E-state index in [2.05, 4.69) is 10.2 Å². The van der Waals surface area contributed by atoms with Gasteiger partial charge in [0.05, 0.1) is 5.25 Å². The molecule has 6 nitrogen and oxygen atoms in total. The molecule has 1 atom stereocenters. The third-order valence-electron chi connectivity index (χ3n) is 2.45. The van der Waals surface area contributed by atoms with Crippen LogP contribution in [-0.2, 0) is 4.79 Å². The van der Waals surface area contributed by atoms with E-state index in [1.807, 2.05) is 0 Å². The van der Waals surface area contributed by atoms with E-state index in [0.29, 0.717) is 16.5 Å². The lowest BCUT2D eigenvalue weighted by atomic mass is 10.2. The molecule has 2 rings (SSSR count). The molecule has 2 aromatic rings. The predicted octanol–water partition coefficient (Wildman–Crippen LogP) is 0.764. The fraction of sp³-hybridized carbons (Fsp3) is 0.182. The molecule has 19 heavy (non-hydrogen) atoms. The van der Waals surface area contributed by atoms with Gasteiger partial charge in [0.15, 0.2) is 5.82 Å². The Balaban J connectivity index is 2.27. The molecule has 1 aromatic carbocycles. The van der Waals surface area contributed by atoms with E-state index < -0.39 is 11.2 Å². The number of rotatable bonds is 4. The predicted molar refractivity (Wildman–Crippen MR) is 70.1 cm³/mol. The van der Waals surface area contributed by atoms with Crippen molar-refractivity contribution in [3.8, 4) is 11.4 Å². The van der Waals surface area contributed by atoms with Gasteiger partial charge in [-0.15, -0.1) is 10.2 Å². The molecule has 0 spiro atoms. The fourth-order valence-electron chi connectivity index (χ4n) is 1.37. The highest BCUT2D eigenvalue weighted by atomic mass is 32.2. The van der Waals surface area contributed by atoms with Crippen LogP contribution in [0.1, 0.15) is 6.92 Å². The number of nitrogens with zero attached hydrogens (tertiary/aromatic N) is 3. The number of carbonyl (C=O) groups is 1. The van der Waals surface area contributed by atoms with Crippen molar-refractivity contribution < 1.29 is 9.18 Å². The Bertz CT molecular complexity index is 598. The normalized spacial score (nSPS) is 12.3. The summed E-state index contributed by atoms with van der Waals surface area (Å²) in [5.41, 5.74) is 5.80. The second-order valence-corrected chi connectivity index (χ2v) is 5.15. The minimum atomic E-state index is -0.465. The standard InChI is InChI=1S/C11H12FN5OS/c1-6(9(13)18)19-11-16-15-10(17(11)14)7-2-4-8(12)5-3-7/h2-6H,14H2,1H3,(H2,13,18)/t6-/m0/s1. The largest absolute Gasteiger partial charge is 0.369 e. The van der Waals surface area contributed by atoms with Gasteiger partial charge in [-0.1, -0.05) is 11.8 Å². The van der Waals surface area contributed by atoms with Crippen LogP contribution in [0.4, 0.5) is 4.39 Å². The molecule has 1 aromatic heterocycles. The van der Waals surface area contributed by atoms with Crippen LogP contribution in [0, 0.1) is 5.82 Å². The summed E-state index contributed by atoms with van der Waals surface area (Å²) in [6.45, 7) is 1.65. The van der Waals surface area contributed by atoms with Gasteiger partial charge in [0.25, 0.3) is 0 Å². The molecule has 0 aliphatic carbocycles. The number of aromatic nitrogens is 3. The second-order valence-electron chi connectivity index (χ2n) is 3.85. The van der Waals surface area contributed by atoms with E-state index >= 15 is 0 Å². The smallest absolute Gasteiger partial charge is 0.230 e. The molecule has 0 bridgehead atoms. The summed E-state index contributed by atoms with van der Waals surface area (Å²) in [5.74, 6) is 5.43. The number of halogens is 1. The lowest BCUT2D eigenvalue weighted by Gasteiger charge is -2.06. The van der Waals surface area contributed by atoms with Gasteiger partial charge in [-0.3, -0.25) is 4.79 Å². The minimum Gasteiger partial charge on any atom is -0.369 e. The molecule has 0 unspecified atom stereocenters. The lowest BCUT2D eigenvalue weighted by Crippen LogP contribution is -2.23. The van der Waals surface area contributed by atoms with Gasteiger partial charge in [-0.05, 0) is 31.2 Å². The molecule has 1 amide bonds. The first-order chi connectivity index (χ1) is 8.99. The SMILES string of the molecule is C[C@H](Sc1nnc(-c2ccc(F)cc2)n1N)C(N)=O. The summed E-state index contributed by atoms with van der Waals surface area (Å²) < 4.78 is 14.1. The van der Waals surface area contributed by atoms with E-state index in [4.69, 9.17) is 11.6 Å². The van der Waals surface area contributed by atoms with E-state index in [0.717, 1.165) is 11.8 Å². The summed E-state index contributed by atoms with van der Waals surface area (Å²) in [4.78, 5) is 11.0. The maximum absolute atomic E-state index is 12.8. The van der Waals surface area contributed by atoms with Crippen LogP contribution in [-0.4, -0.2) is 26.0 Å². The number of carbonyl (C=O) groups excluding carboxylic acids is 1. The first kappa shape index (κ1) is 13.3. The lowest BCUT2D eigenvalue weighted by molar-refractivity contribution is -0.117. The van der Waals surface area contributed by atoms with Crippen LogP contribution in [0.2, 0.25) is 0 Å². The molecule has 100 valence electrons. The highest BCUT2D eigenvalue weighted by Crippen LogP contribution is 2.24. The Labute approximate surface area is 113 Å². The van der Waals surface area contributed by atoms with Crippen molar-refractivity contribution in [2.24, 2.45) is 5.73 Å². The molecule has 0 aliphatic rings. The molecule has 4 N–H and O–H groups in total. The van der Waals surface area contributed by atoms with Crippen molar-refractivity contribution in [2.45, 2.75) is 17.3 Å². The summed E-state index contributed by atoms with van der Waals surface area (Å²) in [7, 11) is 0. The number of primary amides is 1. The Morgan fingerprint density at radius 2 is 2.00 bits per heavy atom. The number of hydrogen-bond donors (Lipinski definition) is 2. The Kier molecular flexibility index (Phi) is 3.70. The highest BCUT2D eigenvalue weighted by Gasteiger charge is 2.17. The van der Waals surface area contributed by atoms with Crippen LogP contribution < -0.4 is 11.6 Å². The first-order valence-corrected chi connectivity index (χ1v) is 6.29. The molecule has 0 aliphatic heterocycles. The summed E-state index contributed by atoms with van der Waals surface area (Å²) in [6, 6.07) is 5.72. The van der Waals surface area contributed by atoms with Crippen molar-refractivity contribution in [1.82, 2.24) is 14.9 Å². The van der Waals surface area contributed by atoms with E-state index in [9.17, 15) is 9.18 Å². The summed E-state index contributed by atoms with van der Waals surface area (Å²) in [5, 5.41) is 7.71. The van der Waals surface area contributed by atoms with Crippen molar-refractivity contribution in [2.75, 3.05) is 5.84 Å². The van der Waals surface area contributed by atoms with E-state index in [-0.39, 0.29) is 5.82 Å². The van der Waals surface area contributed by atoms with Crippen LogP contribution >= 0.6 is 11.8 Å². The highest BCUT2D eigenvalue weighted by molar-refractivity contribution is 8.00. The van der Waals surface area contributed by atoms with E-state index in [1.54, 1.807) is 19.1 Å². The monoisotopic (exact) mass is 281 g/mol. The van der Waals surface area contributed by atoms with Crippen LogP contribution in [0.5, 0.6) is 0 Å². The van der Waals surface area contributed by atoms with Crippen molar-refractivity contribution in [3.05, 3.63) is 30.1 Å². The molecular formula is C11H12FN5OS. The molecular weight excluding hydrogens is 269 g/mol. The zero-order chi connectivity index (χ0) is 14.0. The average Bonchev–Trinajstić information content (AvgIpc) is 2.72. The summed E-state index contributed by atoms with van der Waals surface area (Å²) >= 11 is 1.11. The molecule has 1 heterocycles. The maximum atomic E-state index is 12.8. The van der Waals surface area contributed by atoms with Crippen LogP contribution in [0.15, 0.2) is 29.4 Å².